The first-order valence-electron chi connectivity index (χ1n) is 13.5. The summed E-state index contributed by atoms with van der Waals surface area (Å²) in [6.45, 7) is 0.273. The van der Waals surface area contributed by atoms with Crippen molar-refractivity contribution in [3.05, 3.63) is 143 Å². The molecule has 7 rings (SSSR count). The maximum atomic E-state index is 14.1. The number of nitrogens with zero attached hydrogens (tertiary/aromatic N) is 4. The van der Waals surface area contributed by atoms with Gasteiger partial charge in [0.15, 0.2) is 0 Å². The highest BCUT2D eigenvalue weighted by Gasteiger charge is 2.42. The van der Waals surface area contributed by atoms with E-state index in [9.17, 15) is 19.2 Å². The Kier molecular flexibility index (Phi) is 5.83. The van der Waals surface area contributed by atoms with Crippen molar-refractivity contribution in [2.75, 3.05) is 17.1 Å². The van der Waals surface area contributed by atoms with Crippen LogP contribution < -0.4 is 10.0 Å². The van der Waals surface area contributed by atoms with Gasteiger partial charge in [0.25, 0.3) is 23.6 Å². The molecular formula is C34H24N4O4. The number of hydrogen-bond donors (Lipinski definition) is 0. The second-order valence-electron chi connectivity index (χ2n) is 10.2. The van der Waals surface area contributed by atoms with Gasteiger partial charge >= 0.3 is 0 Å². The van der Waals surface area contributed by atoms with E-state index in [0.29, 0.717) is 22.1 Å². The van der Waals surface area contributed by atoms with Gasteiger partial charge in [0, 0.05) is 17.8 Å². The summed E-state index contributed by atoms with van der Waals surface area (Å²) in [5.41, 5.74) is 3.26. The Morgan fingerprint density at radius 3 is 1.31 bits per heavy atom. The Morgan fingerprint density at radius 1 is 0.476 bits per heavy atom. The van der Waals surface area contributed by atoms with Crippen LogP contribution in [-0.4, -0.2) is 40.7 Å². The van der Waals surface area contributed by atoms with Crippen LogP contribution in [0.1, 0.15) is 47.0 Å². The molecule has 0 spiro atoms. The molecule has 42 heavy (non-hydrogen) atoms. The van der Waals surface area contributed by atoms with E-state index < -0.39 is 23.6 Å². The van der Waals surface area contributed by atoms with Gasteiger partial charge in [0.05, 0.1) is 40.2 Å². The fourth-order valence-corrected chi connectivity index (χ4v) is 5.73. The van der Waals surface area contributed by atoms with Gasteiger partial charge in [-0.05, 0) is 54.1 Å². The molecule has 0 unspecified atom stereocenters. The third kappa shape index (κ3) is 3.77. The van der Waals surface area contributed by atoms with Crippen molar-refractivity contribution in [2.24, 2.45) is 0 Å². The van der Waals surface area contributed by atoms with Gasteiger partial charge in [-0.1, -0.05) is 66.7 Å². The smallest absolute Gasteiger partial charge is 0.278 e. The zero-order valence-electron chi connectivity index (χ0n) is 22.6. The maximum Gasteiger partial charge on any atom is 0.280 e. The number of imide groups is 2. The summed E-state index contributed by atoms with van der Waals surface area (Å²) < 4.78 is 0. The Balaban J connectivity index is 1.35. The van der Waals surface area contributed by atoms with Gasteiger partial charge < -0.3 is 0 Å². The molecule has 0 bridgehead atoms. The van der Waals surface area contributed by atoms with Crippen LogP contribution in [0, 0.1) is 0 Å². The monoisotopic (exact) mass is 552 g/mol. The number of para-hydroxylation sites is 2. The lowest BCUT2D eigenvalue weighted by Gasteiger charge is -2.39. The standard InChI is InChI=1S/C34H24N4O4/c1-35(23-13-7-3-8-14-23)37-31(39)25-17-19-27-30-28(20-18-26(29(25)30)32(37)40)34(42)38(33(27)41)36(24-15-9-4-10-16-24)21-22-11-5-2-6-12-22/h2-20H,21H2,1H3. The van der Waals surface area contributed by atoms with E-state index in [4.69, 9.17) is 0 Å². The highest BCUT2D eigenvalue weighted by molar-refractivity contribution is 6.33. The number of carbonyl (C=O) groups excluding carboxylic acids is 4. The molecule has 0 atom stereocenters. The molecule has 0 N–H and O–H groups in total. The number of anilines is 2. The minimum atomic E-state index is -0.528. The Labute approximate surface area is 241 Å². The summed E-state index contributed by atoms with van der Waals surface area (Å²) in [6.07, 6.45) is 0. The number of hydrogen-bond acceptors (Lipinski definition) is 6. The molecule has 2 aliphatic rings. The molecule has 204 valence electrons. The minimum absolute atomic E-state index is 0.254. The van der Waals surface area contributed by atoms with Gasteiger partial charge in [-0.25, -0.2) is 0 Å². The molecule has 5 aromatic rings. The number of benzene rings is 5. The zero-order valence-corrected chi connectivity index (χ0v) is 22.6. The third-order valence-corrected chi connectivity index (χ3v) is 7.75. The largest absolute Gasteiger partial charge is 0.280 e. The van der Waals surface area contributed by atoms with Crippen molar-refractivity contribution in [2.45, 2.75) is 6.54 Å². The van der Waals surface area contributed by atoms with Crippen molar-refractivity contribution in [3.63, 3.8) is 0 Å². The summed E-state index contributed by atoms with van der Waals surface area (Å²) in [7, 11) is 1.65. The lowest BCUT2D eigenvalue weighted by molar-refractivity contribution is 0.0570. The highest BCUT2D eigenvalue weighted by Crippen LogP contribution is 2.39. The van der Waals surface area contributed by atoms with E-state index in [1.54, 1.807) is 48.5 Å². The quantitative estimate of drug-likeness (QED) is 0.251. The number of rotatable bonds is 6. The second kappa shape index (κ2) is 9.71. The molecule has 0 saturated carbocycles. The molecule has 0 fully saturated rings. The van der Waals surface area contributed by atoms with E-state index in [1.807, 2.05) is 78.9 Å². The maximum absolute atomic E-state index is 14.1. The van der Waals surface area contributed by atoms with Crippen LogP contribution in [-0.2, 0) is 6.54 Å². The predicted molar refractivity (Wildman–Crippen MR) is 159 cm³/mol. The van der Waals surface area contributed by atoms with Gasteiger partial charge in [-0.2, -0.15) is 10.0 Å². The normalized spacial score (nSPS) is 14.0. The van der Waals surface area contributed by atoms with Crippen molar-refractivity contribution < 1.29 is 19.2 Å². The Bertz CT molecular complexity index is 1840. The SMILES string of the molecule is CN(c1ccccc1)N1C(=O)c2ccc3c4c(ccc(c24)C1=O)C(=O)N(N(Cc1ccccc1)c1ccccc1)C3=O. The summed E-state index contributed by atoms with van der Waals surface area (Å²) in [6, 6.07) is 34.2. The van der Waals surface area contributed by atoms with Gasteiger partial charge in [0.1, 0.15) is 0 Å². The van der Waals surface area contributed by atoms with Crippen LogP contribution in [0.5, 0.6) is 0 Å². The van der Waals surface area contributed by atoms with Gasteiger partial charge in [-0.15, -0.1) is 0 Å². The van der Waals surface area contributed by atoms with Crippen LogP contribution in [0.25, 0.3) is 10.8 Å². The summed E-state index contributed by atoms with van der Waals surface area (Å²) >= 11 is 0. The topological polar surface area (TPSA) is 81.2 Å². The zero-order chi connectivity index (χ0) is 29.0. The van der Waals surface area contributed by atoms with Crippen molar-refractivity contribution >= 4 is 45.8 Å². The van der Waals surface area contributed by atoms with Crippen LogP contribution >= 0.6 is 0 Å². The van der Waals surface area contributed by atoms with E-state index in [2.05, 4.69) is 0 Å². The van der Waals surface area contributed by atoms with Gasteiger partial charge in [-0.3, -0.25) is 29.2 Å². The molecule has 5 aromatic carbocycles. The molecule has 2 aliphatic heterocycles. The minimum Gasteiger partial charge on any atom is -0.278 e. The molecule has 4 amide bonds. The van der Waals surface area contributed by atoms with Crippen LogP contribution in [0.15, 0.2) is 115 Å². The fraction of sp³-hybridized carbons (Fsp3) is 0.0588. The molecule has 0 aliphatic carbocycles. The third-order valence-electron chi connectivity index (χ3n) is 7.75. The Morgan fingerprint density at radius 2 is 0.857 bits per heavy atom. The molecule has 8 heteroatoms. The Hall–Kier alpha value is -5.76. The van der Waals surface area contributed by atoms with Gasteiger partial charge in [0.2, 0.25) is 0 Å². The first-order valence-corrected chi connectivity index (χ1v) is 13.5. The molecular weight excluding hydrogens is 528 g/mol. The summed E-state index contributed by atoms with van der Waals surface area (Å²) in [5, 5.41) is 6.07. The molecule has 2 heterocycles. The van der Waals surface area contributed by atoms with E-state index in [1.165, 1.54) is 5.01 Å². The van der Waals surface area contributed by atoms with Crippen molar-refractivity contribution in [1.29, 1.82) is 0 Å². The summed E-state index contributed by atoms with van der Waals surface area (Å²) in [5.74, 6) is -2.11. The molecule has 0 saturated heterocycles. The number of carbonyl (C=O) groups is 4. The predicted octanol–water partition coefficient (Wildman–Crippen LogP) is 5.71. The van der Waals surface area contributed by atoms with Crippen molar-refractivity contribution in [1.82, 2.24) is 10.0 Å². The summed E-state index contributed by atoms with van der Waals surface area (Å²) in [4.78, 5) is 55.8. The van der Waals surface area contributed by atoms with Crippen molar-refractivity contribution in [3.8, 4) is 0 Å². The van der Waals surface area contributed by atoms with E-state index in [0.717, 1.165) is 15.6 Å². The van der Waals surface area contributed by atoms with Crippen LogP contribution in [0.3, 0.4) is 0 Å². The first kappa shape index (κ1) is 25.2. The average molecular weight is 553 g/mol. The lowest BCUT2D eigenvalue weighted by atomic mass is 9.86. The number of amides is 4. The highest BCUT2D eigenvalue weighted by atomic mass is 16.2. The second-order valence-corrected chi connectivity index (χ2v) is 10.2. The first-order chi connectivity index (χ1) is 20.5. The van der Waals surface area contributed by atoms with Crippen LogP contribution in [0.2, 0.25) is 0 Å². The average Bonchev–Trinajstić information content (AvgIpc) is 3.03. The van der Waals surface area contributed by atoms with E-state index >= 15 is 0 Å². The fourth-order valence-electron chi connectivity index (χ4n) is 5.73. The molecule has 0 aromatic heterocycles. The number of hydrazine groups is 2. The van der Waals surface area contributed by atoms with Crippen LogP contribution in [0.4, 0.5) is 11.4 Å². The molecule has 0 radical (unpaired) electrons. The molecule has 8 nitrogen and oxygen atoms in total. The lowest BCUT2D eigenvalue weighted by Crippen LogP contribution is -2.53. The van der Waals surface area contributed by atoms with E-state index in [-0.39, 0.29) is 28.8 Å².